The Hall–Kier alpha value is -4.27. The Labute approximate surface area is 235 Å². The molecule has 5 rings (SSSR count). The van der Waals surface area contributed by atoms with Crippen molar-refractivity contribution in [2.45, 2.75) is 44.7 Å². The molecule has 4 aromatic rings. The Kier molecular flexibility index (Phi) is 8.06. The highest BCUT2D eigenvalue weighted by atomic mass is 19.4. The van der Waals surface area contributed by atoms with Gasteiger partial charge in [0.05, 0.1) is 28.0 Å². The van der Waals surface area contributed by atoms with E-state index in [1.807, 2.05) is 30.0 Å². The minimum absolute atomic E-state index is 0.00488. The van der Waals surface area contributed by atoms with E-state index in [0.717, 1.165) is 18.6 Å². The number of halogens is 3. The lowest BCUT2D eigenvalue weighted by Gasteiger charge is -2.17. The van der Waals surface area contributed by atoms with E-state index in [2.05, 4.69) is 12.1 Å². The fourth-order valence-corrected chi connectivity index (χ4v) is 5.35. The number of aliphatic carboxylic acids is 1. The predicted octanol–water partition coefficient (Wildman–Crippen LogP) is 6.99. The number of carbonyl (C=O) groups is 2. The van der Waals surface area contributed by atoms with Crippen LogP contribution in [0.5, 0.6) is 0 Å². The van der Waals surface area contributed by atoms with Gasteiger partial charge in [0.25, 0.3) is 5.91 Å². The van der Waals surface area contributed by atoms with E-state index in [1.165, 1.54) is 17.7 Å². The Bertz CT molecular complexity index is 1560. The van der Waals surface area contributed by atoms with Gasteiger partial charge in [0.2, 0.25) is 0 Å². The number of nitrogens with zero attached hydrogens (tertiary/aromatic N) is 3. The molecule has 6 nitrogen and oxygen atoms in total. The number of rotatable bonds is 8. The van der Waals surface area contributed by atoms with Gasteiger partial charge in [-0.15, -0.1) is 0 Å². The highest BCUT2D eigenvalue weighted by molar-refractivity contribution is 5.97. The molecule has 41 heavy (non-hydrogen) atoms. The maximum atomic E-state index is 13.4. The molecule has 1 aromatic heterocycles. The van der Waals surface area contributed by atoms with Gasteiger partial charge >= 0.3 is 12.1 Å². The number of amides is 1. The van der Waals surface area contributed by atoms with Crippen LogP contribution < -0.4 is 0 Å². The summed E-state index contributed by atoms with van der Waals surface area (Å²) in [5.41, 5.74) is 3.44. The Balaban J connectivity index is 1.44. The number of aromatic nitrogens is 2. The minimum atomic E-state index is -4.46. The van der Waals surface area contributed by atoms with Crippen LogP contribution in [-0.2, 0) is 17.4 Å². The van der Waals surface area contributed by atoms with Crippen LogP contribution in [-0.4, -0.2) is 44.9 Å². The number of aryl methyl sites for hydroxylation is 1. The number of carboxylic acids is 1. The summed E-state index contributed by atoms with van der Waals surface area (Å²) < 4.78 is 39.4. The van der Waals surface area contributed by atoms with Crippen LogP contribution >= 0.6 is 0 Å². The van der Waals surface area contributed by atoms with Crippen molar-refractivity contribution in [1.29, 1.82) is 0 Å². The molecule has 212 valence electrons. The zero-order valence-electron chi connectivity index (χ0n) is 22.6. The molecule has 1 fully saturated rings. The second kappa shape index (κ2) is 11.7. The fraction of sp³-hybridized carbons (Fsp3) is 0.312. The van der Waals surface area contributed by atoms with Gasteiger partial charge in [0.1, 0.15) is 0 Å². The number of benzene rings is 3. The standard InChI is InChI=1S/C32H30F3N3O3/c1-20(17-29(39)40)7-13-27-30(22-8-11-25(12-9-22)32(33,34)35)37-26-14-10-23(18-28(26)36-27)31(41)38-16-15-24(19-38)21-5-3-2-4-6-21/h2-6,8-12,14,18,20,24H,7,13,15-17,19H2,1H3,(H,39,40)/t20?,24-/m1/s1. The predicted molar refractivity (Wildman–Crippen MR) is 149 cm³/mol. The number of fused-ring (bicyclic) bond motifs is 1. The summed E-state index contributed by atoms with van der Waals surface area (Å²) >= 11 is 0. The van der Waals surface area contributed by atoms with Crippen molar-refractivity contribution < 1.29 is 27.9 Å². The normalized spacial score (nSPS) is 16.2. The molecule has 0 aliphatic carbocycles. The Morgan fingerprint density at radius 1 is 1.00 bits per heavy atom. The molecule has 1 unspecified atom stereocenters. The first-order valence-corrected chi connectivity index (χ1v) is 13.6. The van der Waals surface area contributed by atoms with E-state index in [1.54, 1.807) is 18.2 Å². The molecular weight excluding hydrogens is 531 g/mol. The SMILES string of the molecule is CC(CCc1nc2cc(C(=O)N3CC[C@@H](c4ccccc4)C3)ccc2nc1-c1ccc(C(F)(F)F)cc1)CC(=O)O. The molecule has 2 atom stereocenters. The zero-order chi connectivity index (χ0) is 29.1. The van der Waals surface area contributed by atoms with E-state index in [-0.39, 0.29) is 24.2 Å². The lowest BCUT2D eigenvalue weighted by Crippen LogP contribution is -2.28. The molecule has 3 aromatic carbocycles. The number of likely N-dealkylation sites (tertiary alicyclic amines) is 1. The minimum Gasteiger partial charge on any atom is -0.481 e. The van der Waals surface area contributed by atoms with Crippen LogP contribution in [0.15, 0.2) is 72.8 Å². The highest BCUT2D eigenvalue weighted by Crippen LogP contribution is 2.33. The second-order valence-corrected chi connectivity index (χ2v) is 10.7. The molecule has 0 bridgehead atoms. The first-order chi connectivity index (χ1) is 19.6. The van der Waals surface area contributed by atoms with Crippen LogP contribution in [0.3, 0.4) is 0 Å². The molecule has 0 saturated carbocycles. The number of hydrogen-bond donors (Lipinski definition) is 1. The molecule has 1 amide bonds. The number of hydrogen-bond acceptors (Lipinski definition) is 4. The third-order valence-electron chi connectivity index (χ3n) is 7.61. The average molecular weight is 562 g/mol. The Morgan fingerprint density at radius 2 is 1.73 bits per heavy atom. The maximum absolute atomic E-state index is 13.4. The monoisotopic (exact) mass is 561 g/mol. The molecule has 2 heterocycles. The number of alkyl halides is 3. The number of carboxylic acid groups (broad SMARTS) is 1. The highest BCUT2D eigenvalue weighted by Gasteiger charge is 2.30. The number of carbonyl (C=O) groups excluding carboxylic acids is 1. The summed E-state index contributed by atoms with van der Waals surface area (Å²) in [5.74, 6) is -0.836. The van der Waals surface area contributed by atoms with Gasteiger partial charge in [0, 0.05) is 36.6 Å². The molecule has 1 saturated heterocycles. The van der Waals surface area contributed by atoms with Crippen molar-refractivity contribution in [3.63, 3.8) is 0 Å². The van der Waals surface area contributed by atoms with Gasteiger partial charge in [-0.2, -0.15) is 13.2 Å². The first kappa shape index (κ1) is 28.3. The van der Waals surface area contributed by atoms with Crippen molar-refractivity contribution in [2.24, 2.45) is 5.92 Å². The van der Waals surface area contributed by atoms with Gasteiger partial charge in [-0.3, -0.25) is 9.59 Å². The molecule has 1 aliphatic heterocycles. The van der Waals surface area contributed by atoms with Crippen LogP contribution in [0.25, 0.3) is 22.3 Å². The van der Waals surface area contributed by atoms with Crippen LogP contribution in [0.2, 0.25) is 0 Å². The van der Waals surface area contributed by atoms with E-state index >= 15 is 0 Å². The zero-order valence-corrected chi connectivity index (χ0v) is 22.6. The Morgan fingerprint density at radius 3 is 2.41 bits per heavy atom. The van der Waals surface area contributed by atoms with Crippen molar-refractivity contribution in [3.8, 4) is 11.3 Å². The van der Waals surface area contributed by atoms with Gasteiger partial charge in [-0.05, 0) is 61.1 Å². The fourth-order valence-electron chi connectivity index (χ4n) is 5.35. The average Bonchev–Trinajstić information content (AvgIpc) is 3.45. The van der Waals surface area contributed by atoms with Gasteiger partial charge in [-0.1, -0.05) is 49.4 Å². The van der Waals surface area contributed by atoms with Crippen molar-refractivity contribution in [1.82, 2.24) is 14.9 Å². The van der Waals surface area contributed by atoms with E-state index in [4.69, 9.17) is 15.1 Å². The van der Waals surface area contributed by atoms with Gasteiger partial charge < -0.3 is 10.0 Å². The lowest BCUT2D eigenvalue weighted by molar-refractivity contribution is -0.138. The molecule has 1 aliphatic rings. The van der Waals surface area contributed by atoms with E-state index < -0.39 is 17.7 Å². The third-order valence-corrected chi connectivity index (χ3v) is 7.61. The van der Waals surface area contributed by atoms with Gasteiger partial charge in [0.15, 0.2) is 0 Å². The summed E-state index contributed by atoms with van der Waals surface area (Å²) in [7, 11) is 0. The molecule has 9 heteroatoms. The van der Waals surface area contributed by atoms with Gasteiger partial charge in [-0.25, -0.2) is 9.97 Å². The van der Waals surface area contributed by atoms with Crippen molar-refractivity contribution >= 4 is 22.9 Å². The van der Waals surface area contributed by atoms with Crippen LogP contribution in [0.4, 0.5) is 13.2 Å². The lowest BCUT2D eigenvalue weighted by atomic mass is 9.97. The van der Waals surface area contributed by atoms with E-state index in [0.29, 0.717) is 59.5 Å². The second-order valence-electron chi connectivity index (χ2n) is 10.7. The third kappa shape index (κ3) is 6.56. The summed E-state index contributed by atoms with van der Waals surface area (Å²) in [6.45, 7) is 3.11. The van der Waals surface area contributed by atoms with Crippen molar-refractivity contribution in [3.05, 3.63) is 95.2 Å². The largest absolute Gasteiger partial charge is 0.481 e. The summed E-state index contributed by atoms with van der Waals surface area (Å²) in [4.78, 5) is 35.9. The molecule has 1 N–H and O–H groups in total. The summed E-state index contributed by atoms with van der Waals surface area (Å²) in [6, 6.07) is 20.0. The quantitative estimate of drug-likeness (QED) is 0.251. The van der Waals surface area contributed by atoms with Crippen LogP contribution in [0, 0.1) is 5.92 Å². The smallest absolute Gasteiger partial charge is 0.416 e. The topological polar surface area (TPSA) is 83.4 Å². The summed E-state index contributed by atoms with van der Waals surface area (Å²) in [5, 5.41) is 9.14. The molecule has 0 radical (unpaired) electrons. The summed E-state index contributed by atoms with van der Waals surface area (Å²) in [6.07, 6.45) is -2.68. The molecule has 0 spiro atoms. The first-order valence-electron chi connectivity index (χ1n) is 13.6. The van der Waals surface area contributed by atoms with Crippen LogP contribution in [0.1, 0.15) is 59.3 Å². The maximum Gasteiger partial charge on any atom is 0.416 e. The van der Waals surface area contributed by atoms with Crippen molar-refractivity contribution in [2.75, 3.05) is 13.1 Å². The van der Waals surface area contributed by atoms with E-state index in [9.17, 15) is 22.8 Å². The molecular formula is C32H30F3N3O3.